The van der Waals surface area contributed by atoms with E-state index >= 15 is 0 Å². The highest BCUT2D eigenvalue weighted by molar-refractivity contribution is 5.76. The Morgan fingerprint density at radius 2 is 1.22 bits per heavy atom. The molecule has 0 aromatic carbocycles. The summed E-state index contributed by atoms with van der Waals surface area (Å²) in [6, 6.07) is -0.706. The summed E-state index contributed by atoms with van der Waals surface area (Å²) in [4.78, 5) is 12.7. The van der Waals surface area contributed by atoms with Crippen LogP contribution in [0.25, 0.3) is 0 Å². The zero-order valence-electron chi connectivity index (χ0n) is 26.1. The molecule has 0 bridgehead atoms. The van der Waals surface area contributed by atoms with Crippen LogP contribution < -0.4 is 5.32 Å². The Kier molecular flexibility index (Phi) is 22.9. The Hall–Kier alpha value is -0.810. The first-order chi connectivity index (χ1) is 19.8. The van der Waals surface area contributed by atoms with E-state index in [1.807, 2.05) is 0 Å². The summed E-state index contributed by atoms with van der Waals surface area (Å²) in [5, 5.41) is 53.7. The van der Waals surface area contributed by atoms with Gasteiger partial charge in [-0.1, -0.05) is 123 Å². The van der Waals surface area contributed by atoms with E-state index in [0.29, 0.717) is 12.8 Å². The van der Waals surface area contributed by atoms with Crippen LogP contribution in [-0.2, 0) is 14.3 Å². The summed E-state index contributed by atoms with van der Waals surface area (Å²) in [5.74, 6) is -0.151. The fraction of sp³-hybridized carbons (Fsp3) is 0.969. The number of aliphatic hydroxyl groups excluding tert-OH is 5. The van der Waals surface area contributed by atoms with Crippen LogP contribution in [0.5, 0.6) is 0 Å². The van der Waals surface area contributed by atoms with Gasteiger partial charge in [-0.05, 0) is 12.8 Å². The molecule has 1 amide bonds. The highest BCUT2D eigenvalue weighted by Crippen LogP contribution is 2.23. The van der Waals surface area contributed by atoms with Gasteiger partial charge in [-0.2, -0.15) is 0 Å². The minimum absolute atomic E-state index is 0.134. The molecule has 0 aromatic rings. The van der Waals surface area contributed by atoms with Crippen molar-refractivity contribution >= 4 is 5.91 Å². The molecule has 2 unspecified atom stereocenters. The van der Waals surface area contributed by atoms with E-state index in [2.05, 4.69) is 19.2 Å². The molecule has 0 aliphatic carbocycles. The van der Waals surface area contributed by atoms with Crippen LogP contribution in [0.4, 0.5) is 0 Å². The Morgan fingerprint density at radius 3 is 1.73 bits per heavy atom. The summed E-state index contributed by atoms with van der Waals surface area (Å²) < 4.78 is 11.1. The molecule has 244 valence electrons. The molecule has 1 rings (SSSR count). The van der Waals surface area contributed by atoms with Gasteiger partial charge in [0.15, 0.2) is 6.29 Å². The molecule has 7 atom stereocenters. The molecule has 1 heterocycles. The molecule has 1 fully saturated rings. The first kappa shape index (κ1) is 38.2. The largest absolute Gasteiger partial charge is 0.394 e. The third-order valence-corrected chi connectivity index (χ3v) is 8.21. The number of rotatable bonds is 26. The number of carbonyl (C=O) groups excluding carboxylic acids is 1. The van der Waals surface area contributed by atoms with Gasteiger partial charge in [-0.15, -0.1) is 0 Å². The zero-order valence-corrected chi connectivity index (χ0v) is 26.1. The maximum Gasteiger partial charge on any atom is 0.220 e. The number of hydrogen-bond donors (Lipinski definition) is 6. The van der Waals surface area contributed by atoms with Gasteiger partial charge in [0, 0.05) is 6.42 Å². The van der Waals surface area contributed by atoms with Crippen LogP contribution in [0.1, 0.15) is 142 Å². The van der Waals surface area contributed by atoms with Crippen molar-refractivity contribution in [3.05, 3.63) is 0 Å². The van der Waals surface area contributed by atoms with E-state index in [1.54, 1.807) is 0 Å². The number of amides is 1. The van der Waals surface area contributed by atoms with Gasteiger partial charge in [0.1, 0.15) is 24.4 Å². The average Bonchev–Trinajstić information content (AvgIpc) is 2.97. The van der Waals surface area contributed by atoms with Crippen molar-refractivity contribution in [3.8, 4) is 0 Å². The fourth-order valence-corrected chi connectivity index (χ4v) is 5.39. The van der Waals surface area contributed by atoms with Gasteiger partial charge >= 0.3 is 0 Å². The highest BCUT2D eigenvalue weighted by atomic mass is 16.7. The van der Waals surface area contributed by atoms with Crippen LogP contribution in [0.3, 0.4) is 0 Å². The van der Waals surface area contributed by atoms with Crippen molar-refractivity contribution in [2.24, 2.45) is 0 Å². The fourth-order valence-electron chi connectivity index (χ4n) is 5.39. The predicted octanol–water partition coefficient (Wildman–Crippen LogP) is 4.49. The number of carbonyl (C=O) groups is 1. The first-order valence-corrected chi connectivity index (χ1v) is 16.7. The summed E-state index contributed by atoms with van der Waals surface area (Å²) in [6.07, 6.45) is 14.1. The summed E-state index contributed by atoms with van der Waals surface area (Å²) in [7, 11) is 0. The molecule has 1 aliphatic heterocycles. The quantitative estimate of drug-likeness (QED) is 0.0809. The van der Waals surface area contributed by atoms with Gasteiger partial charge in [0.2, 0.25) is 5.91 Å². The lowest BCUT2D eigenvalue weighted by atomic mass is 9.99. The molecule has 0 aromatic heterocycles. The molecule has 1 saturated heterocycles. The third kappa shape index (κ3) is 17.2. The second kappa shape index (κ2) is 24.6. The van der Waals surface area contributed by atoms with E-state index in [9.17, 15) is 30.3 Å². The normalized spacial score (nSPS) is 24.3. The molecule has 9 heteroatoms. The van der Waals surface area contributed by atoms with Crippen LogP contribution in [-0.4, -0.2) is 87.5 Å². The Bertz CT molecular complexity index is 623. The minimum Gasteiger partial charge on any atom is -0.394 e. The molecule has 1 aliphatic rings. The number of ether oxygens (including phenoxy) is 2. The molecular weight excluding hydrogens is 526 g/mol. The van der Waals surface area contributed by atoms with Gasteiger partial charge in [0.05, 0.1) is 25.4 Å². The minimum atomic E-state index is -1.54. The second-order valence-corrected chi connectivity index (χ2v) is 12.0. The molecule has 41 heavy (non-hydrogen) atoms. The van der Waals surface area contributed by atoms with Crippen LogP contribution in [0.15, 0.2) is 0 Å². The summed E-state index contributed by atoms with van der Waals surface area (Å²) in [6.45, 7) is 3.75. The van der Waals surface area contributed by atoms with Crippen LogP contribution >= 0.6 is 0 Å². The van der Waals surface area contributed by atoms with Crippen molar-refractivity contribution in [2.45, 2.75) is 185 Å². The Balaban J connectivity index is 2.50. The predicted molar refractivity (Wildman–Crippen MR) is 161 cm³/mol. The van der Waals surface area contributed by atoms with Crippen molar-refractivity contribution in [1.29, 1.82) is 0 Å². The number of nitrogens with one attached hydrogen (secondary N) is 1. The van der Waals surface area contributed by atoms with Crippen molar-refractivity contribution < 1.29 is 39.8 Å². The number of aliphatic hydroxyl groups is 5. The lowest BCUT2D eigenvalue weighted by Gasteiger charge is -2.40. The molecule has 0 spiro atoms. The lowest BCUT2D eigenvalue weighted by Crippen LogP contribution is -2.60. The van der Waals surface area contributed by atoms with Crippen molar-refractivity contribution in [3.63, 3.8) is 0 Å². The maximum atomic E-state index is 12.7. The van der Waals surface area contributed by atoms with Gasteiger partial charge in [0.25, 0.3) is 0 Å². The topological polar surface area (TPSA) is 149 Å². The standard InChI is InChI=1S/C32H63NO8/c1-3-5-7-9-11-13-15-17-19-21-26(35)25(24-40-32-31(39)30(38)29(37)27(23-34)41-32)33-28(36)22-20-18-16-14-12-10-8-6-4-2/h25-27,29-32,34-35,37-39H,3-24H2,1-2H3,(H,33,36)/t25-,26+,27+,29+,30?,31?,32+/m0/s1. The number of unbranched alkanes of at least 4 members (excludes halogenated alkanes) is 16. The lowest BCUT2D eigenvalue weighted by molar-refractivity contribution is -0.302. The van der Waals surface area contributed by atoms with Crippen molar-refractivity contribution in [2.75, 3.05) is 13.2 Å². The van der Waals surface area contributed by atoms with Gasteiger partial charge in [-0.25, -0.2) is 0 Å². The second-order valence-electron chi connectivity index (χ2n) is 12.0. The van der Waals surface area contributed by atoms with E-state index < -0.39 is 49.5 Å². The van der Waals surface area contributed by atoms with Crippen molar-refractivity contribution in [1.82, 2.24) is 5.32 Å². The smallest absolute Gasteiger partial charge is 0.220 e. The van der Waals surface area contributed by atoms with E-state index in [1.165, 1.54) is 77.0 Å². The van der Waals surface area contributed by atoms with Crippen LogP contribution in [0.2, 0.25) is 0 Å². The molecule has 9 nitrogen and oxygen atoms in total. The van der Waals surface area contributed by atoms with E-state index in [4.69, 9.17) is 9.47 Å². The third-order valence-electron chi connectivity index (χ3n) is 8.21. The average molecular weight is 590 g/mol. The summed E-state index contributed by atoms with van der Waals surface area (Å²) in [5.41, 5.74) is 0. The van der Waals surface area contributed by atoms with Crippen LogP contribution in [0, 0.1) is 0 Å². The molecular formula is C32H63NO8. The van der Waals surface area contributed by atoms with Gasteiger partial charge in [-0.3, -0.25) is 4.79 Å². The van der Waals surface area contributed by atoms with E-state index in [0.717, 1.165) is 38.5 Å². The zero-order chi connectivity index (χ0) is 30.3. The highest BCUT2D eigenvalue weighted by Gasteiger charge is 2.44. The van der Waals surface area contributed by atoms with E-state index in [-0.39, 0.29) is 12.5 Å². The Morgan fingerprint density at radius 1 is 0.732 bits per heavy atom. The Labute approximate surface area is 249 Å². The molecule has 6 N–H and O–H groups in total. The molecule has 0 saturated carbocycles. The van der Waals surface area contributed by atoms with Gasteiger partial charge < -0.3 is 40.3 Å². The monoisotopic (exact) mass is 589 g/mol. The number of hydrogen-bond acceptors (Lipinski definition) is 8. The molecule has 0 radical (unpaired) electrons. The summed E-state index contributed by atoms with van der Waals surface area (Å²) >= 11 is 0. The maximum absolute atomic E-state index is 12.7. The SMILES string of the molecule is CCCCCCCCCCCC(=O)N[C@@H](CO[C@@H]1O[C@H](CO)[C@@H](O)C(O)C1O)[C@H](O)CCCCCCCCCCC. The first-order valence-electron chi connectivity index (χ1n) is 16.7.